The van der Waals surface area contributed by atoms with Crippen molar-refractivity contribution in [1.29, 1.82) is 0 Å². The smallest absolute Gasteiger partial charge is 0.220 e. The fourth-order valence-electron chi connectivity index (χ4n) is 8.72. The zero-order chi connectivity index (χ0) is 38.9. The van der Waals surface area contributed by atoms with E-state index >= 15 is 0 Å². The standard InChI is InChI=1S/C50H99N3O/c1-4-6-8-10-12-14-16-18-20-22-24-26-27-29-31-33-35-37-39-41-43-49-51-45-47-53(49,3)48-46-52-50(54)44-42-40-38-36-34-32-30-28-25-23-21-19-17-15-13-11-9-7-5-2/h4-48H2,1-3H3/p+1. The van der Waals surface area contributed by atoms with Crippen molar-refractivity contribution in [2.45, 2.75) is 277 Å². The Morgan fingerprint density at radius 1 is 0.463 bits per heavy atom. The lowest BCUT2D eigenvalue weighted by atomic mass is 10.0. The molecule has 0 aromatic rings. The number of amides is 1. The zero-order valence-corrected chi connectivity index (χ0v) is 37.6. The molecule has 0 aromatic heterocycles. The third-order valence-electron chi connectivity index (χ3n) is 12.7. The third kappa shape index (κ3) is 33.3. The largest absolute Gasteiger partial charge is 0.350 e. The Hall–Kier alpha value is -0.900. The fourth-order valence-corrected chi connectivity index (χ4v) is 8.72. The molecule has 320 valence electrons. The third-order valence-corrected chi connectivity index (χ3v) is 12.7. The molecule has 1 aliphatic heterocycles. The van der Waals surface area contributed by atoms with E-state index in [1.54, 1.807) is 0 Å². The summed E-state index contributed by atoms with van der Waals surface area (Å²) in [5.74, 6) is 1.63. The number of rotatable bonds is 44. The van der Waals surface area contributed by atoms with Crippen molar-refractivity contribution in [1.82, 2.24) is 5.32 Å². The van der Waals surface area contributed by atoms with Crippen molar-refractivity contribution in [2.24, 2.45) is 4.99 Å². The van der Waals surface area contributed by atoms with E-state index in [0.29, 0.717) is 6.42 Å². The Labute approximate surface area is 340 Å². The molecule has 1 rings (SSSR count). The molecule has 0 radical (unpaired) electrons. The lowest BCUT2D eigenvalue weighted by Gasteiger charge is -2.30. The molecule has 0 spiro atoms. The van der Waals surface area contributed by atoms with Gasteiger partial charge in [-0.2, -0.15) is 0 Å². The van der Waals surface area contributed by atoms with Gasteiger partial charge in [0.25, 0.3) is 0 Å². The Kier molecular flexibility index (Phi) is 38.2. The van der Waals surface area contributed by atoms with E-state index in [1.807, 2.05) is 0 Å². The molecule has 1 aliphatic rings. The van der Waals surface area contributed by atoms with Gasteiger partial charge in [-0.15, -0.1) is 0 Å². The Morgan fingerprint density at radius 3 is 1.09 bits per heavy atom. The van der Waals surface area contributed by atoms with Gasteiger partial charge in [0, 0.05) is 12.8 Å². The number of nitrogens with zero attached hydrogens (tertiary/aromatic N) is 2. The molecule has 1 unspecified atom stereocenters. The molecule has 0 bridgehead atoms. The molecule has 1 N–H and O–H groups in total. The number of hydrogen-bond acceptors (Lipinski definition) is 2. The van der Waals surface area contributed by atoms with E-state index in [9.17, 15) is 4.79 Å². The average molecular weight is 759 g/mol. The first-order valence-electron chi connectivity index (χ1n) is 25.3. The van der Waals surface area contributed by atoms with Crippen molar-refractivity contribution in [2.75, 3.05) is 33.2 Å². The second-order valence-electron chi connectivity index (χ2n) is 18.1. The van der Waals surface area contributed by atoms with Crippen LogP contribution in [0.15, 0.2) is 4.99 Å². The van der Waals surface area contributed by atoms with Gasteiger partial charge in [0.15, 0.2) is 5.84 Å². The molecule has 1 amide bonds. The number of quaternary nitrogens is 1. The molecular formula is C50H100N3O+. The van der Waals surface area contributed by atoms with E-state index in [0.717, 1.165) is 43.5 Å². The highest BCUT2D eigenvalue weighted by atomic mass is 16.1. The van der Waals surface area contributed by atoms with Crippen LogP contribution in [0.5, 0.6) is 0 Å². The van der Waals surface area contributed by atoms with Gasteiger partial charge >= 0.3 is 0 Å². The van der Waals surface area contributed by atoms with Crippen molar-refractivity contribution < 1.29 is 9.28 Å². The van der Waals surface area contributed by atoms with Gasteiger partial charge < -0.3 is 5.32 Å². The highest BCUT2D eigenvalue weighted by Gasteiger charge is 2.32. The predicted octanol–water partition coefficient (Wildman–Crippen LogP) is 16.0. The van der Waals surface area contributed by atoms with Crippen LogP contribution in [0.3, 0.4) is 0 Å². The minimum Gasteiger partial charge on any atom is -0.350 e. The summed E-state index contributed by atoms with van der Waals surface area (Å²) in [5.41, 5.74) is 0. The van der Waals surface area contributed by atoms with Crippen LogP contribution in [0.2, 0.25) is 0 Å². The summed E-state index contributed by atoms with van der Waals surface area (Å²) >= 11 is 0. The van der Waals surface area contributed by atoms with E-state index in [2.05, 4.69) is 26.2 Å². The first kappa shape index (κ1) is 51.1. The second-order valence-corrected chi connectivity index (χ2v) is 18.1. The molecule has 54 heavy (non-hydrogen) atoms. The average Bonchev–Trinajstić information content (AvgIpc) is 3.54. The molecule has 0 fully saturated rings. The van der Waals surface area contributed by atoms with Crippen LogP contribution in [0.4, 0.5) is 0 Å². The Balaban J connectivity index is 1.85. The molecule has 4 nitrogen and oxygen atoms in total. The lowest BCUT2D eigenvalue weighted by Crippen LogP contribution is -2.51. The summed E-state index contributed by atoms with van der Waals surface area (Å²) in [6.07, 6.45) is 56.8. The zero-order valence-electron chi connectivity index (χ0n) is 37.6. The maximum Gasteiger partial charge on any atom is 0.220 e. The maximum absolute atomic E-state index is 12.5. The van der Waals surface area contributed by atoms with Gasteiger partial charge in [-0.05, 0) is 12.8 Å². The number of hydrogen-bond donors (Lipinski definition) is 1. The summed E-state index contributed by atoms with van der Waals surface area (Å²) in [6, 6.07) is 0. The normalized spacial score (nSPS) is 15.6. The van der Waals surface area contributed by atoms with Gasteiger partial charge in [0.05, 0.1) is 20.1 Å². The quantitative estimate of drug-likeness (QED) is 0.0488. The van der Waals surface area contributed by atoms with Crippen molar-refractivity contribution in [3.8, 4) is 0 Å². The van der Waals surface area contributed by atoms with E-state index in [-0.39, 0.29) is 5.91 Å². The molecular weight excluding hydrogens is 659 g/mol. The molecule has 0 aliphatic carbocycles. The molecule has 0 aromatic carbocycles. The molecule has 4 heteroatoms. The van der Waals surface area contributed by atoms with Crippen molar-refractivity contribution in [3.05, 3.63) is 0 Å². The second kappa shape index (κ2) is 40.3. The Bertz CT molecular complexity index is 812. The summed E-state index contributed by atoms with van der Waals surface area (Å²) in [6.45, 7) is 8.44. The summed E-state index contributed by atoms with van der Waals surface area (Å²) in [7, 11) is 2.34. The van der Waals surface area contributed by atoms with Gasteiger partial charge in [-0.3, -0.25) is 9.28 Å². The first-order chi connectivity index (χ1) is 26.6. The predicted molar refractivity (Wildman–Crippen MR) is 242 cm³/mol. The SMILES string of the molecule is CCCCCCCCCCCCCCCCCCCCCCC1=NCC[N+]1(C)CCNC(=O)CCCCCCCCCCCCCCCCCCCCC. The number of likely N-dealkylation sites (N-methyl/N-ethyl adjacent to an activating group) is 1. The van der Waals surface area contributed by atoms with Crippen LogP contribution in [-0.2, 0) is 4.79 Å². The number of amidine groups is 1. The highest BCUT2D eigenvalue weighted by Crippen LogP contribution is 2.19. The summed E-state index contributed by atoms with van der Waals surface area (Å²) < 4.78 is 0.943. The molecule has 0 saturated heterocycles. The Morgan fingerprint density at radius 2 is 0.759 bits per heavy atom. The topological polar surface area (TPSA) is 41.5 Å². The highest BCUT2D eigenvalue weighted by molar-refractivity contribution is 5.77. The van der Waals surface area contributed by atoms with E-state index in [4.69, 9.17) is 4.99 Å². The van der Waals surface area contributed by atoms with Crippen LogP contribution in [-0.4, -0.2) is 49.5 Å². The van der Waals surface area contributed by atoms with Gasteiger partial charge in [-0.25, -0.2) is 4.99 Å². The van der Waals surface area contributed by atoms with Crippen molar-refractivity contribution >= 4 is 11.7 Å². The first-order valence-corrected chi connectivity index (χ1v) is 25.3. The van der Waals surface area contributed by atoms with Crippen LogP contribution in [0.1, 0.15) is 277 Å². The summed E-state index contributed by atoms with van der Waals surface area (Å²) in [4.78, 5) is 17.4. The minimum atomic E-state index is 0.250. The fraction of sp³-hybridized carbons (Fsp3) is 0.960. The number of unbranched alkanes of at least 4 members (excludes halogenated alkanes) is 37. The van der Waals surface area contributed by atoms with Crippen LogP contribution in [0, 0.1) is 0 Å². The number of carbonyl (C=O) groups is 1. The monoisotopic (exact) mass is 759 g/mol. The van der Waals surface area contributed by atoms with Crippen LogP contribution < -0.4 is 5.32 Å². The van der Waals surface area contributed by atoms with Crippen molar-refractivity contribution in [3.63, 3.8) is 0 Å². The van der Waals surface area contributed by atoms with Gasteiger partial charge in [0.2, 0.25) is 5.91 Å². The lowest BCUT2D eigenvalue weighted by molar-refractivity contribution is -0.814. The van der Waals surface area contributed by atoms with Crippen LogP contribution in [0.25, 0.3) is 0 Å². The number of carbonyl (C=O) groups excluding carboxylic acids is 1. The molecule has 0 saturated carbocycles. The molecule has 1 atom stereocenters. The summed E-state index contributed by atoms with van der Waals surface area (Å²) in [5, 5.41) is 3.23. The number of aliphatic imine (C=N–C) groups is 1. The van der Waals surface area contributed by atoms with Gasteiger partial charge in [-0.1, -0.05) is 251 Å². The minimum absolute atomic E-state index is 0.250. The van der Waals surface area contributed by atoms with E-state index < -0.39 is 0 Å². The van der Waals surface area contributed by atoms with Gasteiger partial charge in [0.1, 0.15) is 13.1 Å². The van der Waals surface area contributed by atoms with Crippen LogP contribution >= 0.6 is 0 Å². The van der Waals surface area contributed by atoms with E-state index in [1.165, 1.54) is 250 Å². The maximum atomic E-state index is 12.5. The molecule has 1 heterocycles. The number of nitrogens with one attached hydrogen (secondary N) is 1.